The zero-order valence-electron chi connectivity index (χ0n) is 13.1. The molecular weight excluding hydrogens is 266 g/mol. The van der Waals surface area contributed by atoms with Crippen molar-refractivity contribution >= 4 is 11.7 Å². The minimum Gasteiger partial charge on any atom is -0.496 e. The summed E-state index contributed by atoms with van der Waals surface area (Å²) in [5.74, 6) is 0.778. The Labute approximate surface area is 126 Å². The standard InChI is InChI=1S/C16H25N3O2/c1-12-6-7-13(11-15(12)21-3)18-16(20)17-9-8-14-5-4-10-19(14)2/h6-7,11,14H,4-5,8-10H2,1-3H3,(H2,17,18,20)/t14-/m0/s1. The van der Waals surface area contributed by atoms with Crippen molar-refractivity contribution in [2.75, 3.05) is 32.6 Å². The molecule has 2 N–H and O–H groups in total. The van der Waals surface area contributed by atoms with E-state index in [0.29, 0.717) is 12.6 Å². The number of hydrogen-bond donors (Lipinski definition) is 2. The number of amides is 2. The Bertz CT molecular complexity index is 490. The maximum absolute atomic E-state index is 11.9. The molecule has 5 heteroatoms. The van der Waals surface area contributed by atoms with Crippen LogP contribution < -0.4 is 15.4 Å². The molecule has 0 bridgehead atoms. The SMILES string of the molecule is COc1cc(NC(=O)NCC[C@@H]2CCCN2C)ccc1C. The Balaban J connectivity index is 1.76. The molecule has 1 aromatic carbocycles. The van der Waals surface area contributed by atoms with Crippen LogP contribution in [0.5, 0.6) is 5.75 Å². The molecule has 0 spiro atoms. The molecule has 0 aromatic heterocycles. The van der Waals surface area contributed by atoms with Gasteiger partial charge in [0.2, 0.25) is 0 Å². The van der Waals surface area contributed by atoms with Gasteiger partial charge in [0.05, 0.1) is 7.11 Å². The first-order valence-corrected chi connectivity index (χ1v) is 7.50. The van der Waals surface area contributed by atoms with E-state index in [1.165, 1.54) is 19.4 Å². The Morgan fingerprint density at radius 1 is 1.48 bits per heavy atom. The van der Waals surface area contributed by atoms with E-state index in [1.54, 1.807) is 7.11 Å². The van der Waals surface area contributed by atoms with Crippen LogP contribution in [0.3, 0.4) is 0 Å². The molecule has 1 fully saturated rings. The zero-order chi connectivity index (χ0) is 15.2. The lowest BCUT2D eigenvalue weighted by atomic mass is 10.1. The molecule has 1 aromatic rings. The van der Waals surface area contributed by atoms with Crippen molar-refractivity contribution in [3.8, 4) is 5.75 Å². The highest BCUT2D eigenvalue weighted by molar-refractivity contribution is 5.89. The second-order valence-electron chi connectivity index (χ2n) is 5.63. The predicted molar refractivity (Wildman–Crippen MR) is 85.0 cm³/mol. The van der Waals surface area contributed by atoms with Crippen LogP contribution in [0.4, 0.5) is 10.5 Å². The number of benzene rings is 1. The maximum Gasteiger partial charge on any atom is 0.319 e. The number of methoxy groups -OCH3 is 1. The Morgan fingerprint density at radius 3 is 2.95 bits per heavy atom. The Kier molecular flexibility index (Phi) is 5.44. The fourth-order valence-electron chi connectivity index (χ4n) is 2.77. The monoisotopic (exact) mass is 291 g/mol. The van der Waals surface area contributed by atoms with Crippen LogP contribution in [0, 0.1) is 6.92 Å². The highest BCUT2D eigenvalue weighted by Crippen LogP contribution is 2.22. The van der Waals surface area contributed by atoms with Gasteiger partial charge in [0.15, 0.2) is 0 Å². The first kappa shape index (κ1) is 15.6. The van der Waals surface area contributed by atoms with Crippen molar-refractivity contribution in [3.63, 3.8) is 0 Å². The highest BCUT2D eigenvalue weighted by atomic mass is 16.5. The average molecular weight is 291 g/mol. The molecule has 1 aliphatic rings. The minimum atomic E-state index is -0.165. The van der Waals surface area contributed by atoms with E-state index in [9.17, 15) is 4.79 Å². The largest absolute Gasteiger partial charge is 0.496 e. The van der Waals surface area contributed by atoms with Gasteiger partial charge in [0.25, 0.3) is 0 Å². The third-order valence-corrected chi connectivity index (χ3v) is 4.10. The van der Waals surface area contributed by atoms with Crippen molar-refractivity contribution in [2.45, 2.75) is 32.2 Å². The van der Waals surface area contributed by atoms with Crippen molar-refractivity contribution in [1.29, 1.82) is 0 Å². The topological polar surface area (TPSA) is 53.6 Å². The number of anilines is 1. The first-order valence-electron chi connectivity index (χ1n) is 7.50. The molecule has 5 nitrogen and oxygen atoms in total. The van der Waals surface area contributed by atoms with Gasteiger partial charge in [-0.1, -0.05) is 6.07 Å². The van der Waals surface area contributed by atoms with Gasteiger partial charge in [-0.05, 0) is 51.4 Å². The quantitative estimate of drug-likeness (QED) is 0.877. The number of carbonyl (C=O) groups excluding carboxylic acids is 1. The van der Waals surface area contributed by atoms with Gasteiger partial charge in [-0.15, -0.1) is 0 Å². The van der Waals surface area contributed by atoms with Crippen LogP contribution in [0.15, 0.2) is 18.2 Å². The fraction of sp³-hybridized carbons (Fsp3) is 0.562. The van der Waals surface area contributed by atoms with E-state index in [-0.39, 0.29) is 6.03 Å². The molecule has 0 radical (unpaired) electrons. The Morgan fingerprint density at radius 2 is 2.29 bits per heavy atom. The number of likely N-dealkylation sites (tertiary alicyclic amines) is 1. The molecule has 1 aliphatic heterocycles. The molecule has 1 atom stereocenters. The van der Waals surface area contributed by atoms with Gasteiger partial charge in [-0.2, -0.15) is 0 Å². The summed E-state index contributed by atoms with van der Waals surface area (Å²) in [6, 6.07) is 6.08. The number of urea groups is 1. The van der Waals surface area contributed by atoms with Crippen molar-refractivity contribution < 1.29 is 9.53 Å². The molecule has 0 saturated carbocycles. The van der Waals surface area contributed by atoms with E-state index in [1.807, 2.05) is 25.1 Å². The van der Waals surface area contributed by atoms with Gasteiger partial charge in [-0.3, -0.25) is 0 Å². The van der Waals surface area contributed by atoms with Crippen LogP contribution in [-0.2, 0) is 0 Å². The number of aryl methyl sites for hydroxylation is 1. The van der Waals surface area contributed by atoms with Gasteiger partial charge in [-0.25, -0.2) is 4.79 Å². The van der Waals surface area contributed by atoms with Crippen LogP contribution in [-0.4, -0.2) is 44.2 Å². The zero-order valence-corrected chi connectivity index (χ0v) is 13.1. The first-order chi connectivity index (χ1) is 10.1. The number of carbonyl (C=O) groups is 1. The van der Waals surface area contributed by atoms with E-state index in [0.717, 1.165) is 23.4 Å². The molecule has 116 valence electrons. The molecule has 2 amide bonds. The third-order valence-electron chi connectivity index (χ3n) is 4.10. The molecule has 1 heterocycles. The highest BCUT2D eigenvalue weighted by Gasteiger charge is 2.20. The summed E-state index contributed by atoms with van der Waals surface area (Å²) in [6.45, 7) is 3.84. The normalized spacial score (nSPS) is 18.5. The van der Waals surface area contributed by atoms with Crippen molar-refractivity contribution in [2.24, 2.45) is 0 Å². The van der Waals surface area contributed by atoms with Crippen LogP contribution in [0.25, 0.3) is 0 Å². The van der Waals surface area contributed by atoms with Crippen LogP contribution in [0.1, 0.15) is 24.8 Å². The predicted octanol–water partition coefficient (Wildman–Crippen LogP) is 2.61. The van der Waals surface area contributed by atoms with E-state index >= 15 is 0 Å². The van der Waals surface area contributed by atoms with E-state index in [4.69, 9.17) is 4.74 Å². The maximum atomic E-state index is 11.9. The summed E-state index contributed by atoms with van der Waals surface area (Å²) >= 11 is 0. The lowest BCUT2D eigenvalue weighted by Crippen LogP contribution is -2.34. The molecule has 0 aliphatic carbocycles. The van der Waals surface area contributed by atoms with E-state index < -0.39 is 0 Å². The summed E-state index contributed by atoms with van der Waals surface area (Å²) in [7, 11) is 3.78. The summed E-state index contributed by atoms with van der Waals surface area (Å²) in [5, 5.41) is 5.75. The molecule has 2 rings (SSSR count). The van der Waals surface area contributed by atoms with Gasteiger partial charge < -0.3 is 20.3 Å². The third kappa shape index (κ3) is 4.36. The molecule has 0 unspecified atom stereocenters. The number of nitrogens with one attached hydrogen (secondary N) is 2. The van der Waals surface area contributed by atoms with Gasteiger partial charge in [0, 0.05) is 24.3 Å². The summed E-state index contributed by atoms with van der Waals surface area (Å²) in [5.41, 5.74) is 1.79. The average Bonchev–Trinajstić information content (AvgIpc) is 2.86. The summed E-state index contributed by atoms with van der Waals surface area (Å²) in [4.78, 5) is 14.2. The van der Waals surface area contributed by atoms with Gasteiger partial charge in [0.1, 0.15) is 5.75 Å². The lowest BCUT2D eigenvalue weighted by Gasteiger charge is -2.19. The van der Waals surface area contributed by atoms with Gasteiger partial charge >= 0.3 is 6.03 Å². The smallest absolute Gasteiger partial charge is 0.319 e. The number of hydrogen-bond acceptors (Lipinski definition) is 3. The number of rotatable bonds is 5. The van der Waals surface area contributed by atoms with E-state index in [2.05, 4.69) is 22.6 Å². The Hall–Kier alpha value is -1.75. The van der Waals surface area contributed by atoms with Crippen LogP contribution >= 0.6 is 0 Å². The number of ether oxygens (including phenoxy) is 1. The second kappa shape index (κ2) is 7.31. The second-order valence-corrected chi connectivity index (χ2v) is 5.63. The summed E-state index contributed by atoms with van der Waals surface area (Å²) in [6.07, 6.45) is 3.49. The number of nitrogens with zero attached hydrogens (tertiary/aromatic N) is 1. The van der Waals surface area contributed by atoms with Crippen molar-refractivity contribution in [3.05, 3.63) is 23.8 Å². The summed E-state index contributed by atoms with van der Waals surface area (Å²) < 4.78 is 5.25. The fourth-order valence-corrected chi connectivity index (χ4v) is 2.77. The lowest BCUT2D eigenvalue weighted by molar-refractivity contribution is 0.248. The minimum absolute atomic E-state index is 0.165. The van der Waals surface area contributed by atoms with Crippen molar-refractivity contribution in [1.82, 2.24) is 10.2 Å². The van der Waals surface area contributed by atoms with Crippen LogP contribution in [0.2, 0.25) is 0 Å². The molecular formula is C16H25N3O2. The molecule has 21 heavy (non-hydrogen) atoms. The molecule has 1 saturated heterocycles.